The van der Waals surface area contributed by atoms with Crippen molar-refractivity contribution in [1.82, 2.24) is 10.2 Å². The van der Waals surface area contributed by atoms with Gasteiger partial charge in [-0.15, -0.1) is 0 Å². The van der Waals surface area contributed by atoms with E-state index in [1.807, 2.05) is 0 Å². The Labute approximate surface area is 122 Å². The van der Waals surface area contributed by atoms with E-state index in [4.69, 9.17) is 0 Å². The molecule has 1 fully saturated rings. The summed E-state index contributed by atoms with van der Waals surface area (Å²) in [5, 5.41) is 14.6. The van der Waals surface area contributed by atoms with Gasteiger partial charge in [-0.25, -0.2) is 0 Å². The molecule has 1 N–H and O–H groups in total. The molecular formula is C12H11N3O5S. The van der Waals surface area contributed by atoms with Crippen LogP contribution in [0.5, 0.6) is 0 Å². The van der Waals surface area contributed by atoms with Gasteiger partial charge in [0.2, 0.25) is 5.91 Å². The van der Waals surface area contributed by atoms with E-state index < -0.39 is 22.3 Å². The molecule has 1 unspecified atom stereocenters. The molecule has 1 atom stereocenters. The number of nitro groups is 1. The van der Waals surface area contributed by atoms with Crippen LogP contribution in [0.25, 0.3) is 0 Å². The molecule has 0 bridgehead atoms. The van der Waals surface area contributed by atoms with Crippen molar-refractivity contribution in [1.29, 1.82) is 0 Å². The molecule has 8 nitrogen and oxygen atoms in total. The number of amides is 3. The quantitative estimate of drug-likeness (QED) is 0.494. The zero-order valence-corrected chi connectivity index (χ0v) is 11.9. The molecule has 21 heavy (non-hydrogen) atoms. The maximum Gasteiger partial charge on any atom is 0.329 e. The van der Waals surface area contributed by atoms with E-state index in [0.717, 1.165) is 11.3 Å². The van der Waals surface area contributed by atoms with E-state index in [2.05, 4.69) is 5.32 Å². The summed E-state index contributed by atoms with van der Waals surface area (Å²) < 4.78 is 0. The number of piperidine rings is 1. The molecule has 1 saturated heterocycles. The molecule has 3 rings (SSSR count). The van der Waals surface area contributed by atoms with Gasteiger partial charge in [-0.05, 0) is 13.3 Å². The second-order valence-electron chi connectivity index (χ2n) is 5.23. The lowest BCUT2D eigenvalue weighted by atomic mass is 9.89. The first-order valence-electron chi connectivity index (χ1n) is 6.25. The smallest absolute Gasteiger partial charge is 0.319 e. The van der Waals surface area contributed by atoms with Crippen LogP contribution in [-0.2, 0) is 16.1 Å². The number of nitrogens with one attached hydrogen (secondary N) is 1. The van der Waals surface area contributed by atoms with Gasteiger partial charge >= 0.3 is 5.00 Å². The number of carbonyl (C=O) groups is 3. The van der Waals surface area contributed by atoms with Crippen LogP contribution in [0.3, 0.4) is 0 Å². The molecule has 2 aliphatic heterocycles. The molecule has 110 valence electrons. The summed E-state index contributed by atoms with van der Waals surface area (Å²) in [4.78, 5) is 47.5. The monoisotopic (exact) mass is 309 g/mol. The number of imide groups is 1. The fraction of sp³-hybridized carbons (Fsp3) is 0.417. The first-order valence-corrected chi connectivity index (χ1v) is 7.13. The van der Waals surface area contributed by atoms with Crippen molar-refractivity contribution in [3.8, 4) is 0 Å². The van der Waals surface area contributed by atoms with Crippen LogP contribution < -0.4 is 5.32 Å². The highest BCUT2D eigenvalue weighted by Gasteiger charge is 2.50. The number of hydrogen-bond acceptors (Lipinski definition) is 6. The van der Waals surface area contributed by atoms with Crippen molar-refractivity contribution in [3.05, 3.63) is 26.6 Å². The Kier molecular flexibility index (Phi) is 2.84. The predicted molar refractivity (Wildman–Crippen MR) is 71.6 cm³/mol. The summed E-state index contributed by atoms with van der Waals surface area (Å²) in [6.07, 6.45) is 0.353. The van der Waals surface area contributed by atoms with Gasteiger partial charge in [0.05, 0.1) is 22.6 Å². The molecule has 2 aliphatic rings. The lowest BCUT2D eigenvalue weighted by Crippen LogP contribution is -2.61. The molecule has 1 aromatic rings. The summed E-state index contributed by atoms with van der Waals surface area (Å²) in [5.74, 6) is -1.31. The lowest BCUT2D eigenvalue weighted by molar-refractivity contribution is -0.380. The Hall–Kier alpha value is -2.29. The molecule has 3 amide bonds. The van der Waals surface area contributed by atoms with Gasteiger partial charge < -0.3 is 4.90 Å². The molecule has 1 aromatic heterocycles. The number of fused-ring (bicyclic) bond motifs is 1. The number of thiophene rings is 1. The molecule has 3 heterocycles. The molecular weight excluding hydrogens is 298 g/mol. The number of carbonyl (C=O) groups excluding carboxylic acids is 3. The van der Waals surface area contributed by atoms with Crippen molar-refractivity contribution < 1.29 is 19.3 Å². The molecule has 0 aromatic carbocycles. The highest BCUT2D eigenvalue weighted by Crippen LogP contribution is 2.40. The maximum absolute atomic E-state index is 12.4. The fourth-order valence-electron chi connectivity index (χ4n) is 2.68. The van der Waals surface area contributed by atoms with Gasteiger partial charge in [0, 0.05) is 11.8 Å². The first-order chi connectivity index (χ1) is 9.84. The van der Waals surface area contributed by atoms with Crippen LogP contribution in [0, 0.1) is 10.1 Å². The van der Waals surface area contributed by atoms with Gasteiger partial charge in [0.1, 0.15) is 5.54 Å². The minimum atomic E-state index is -1.16. The second kappa shape index (κ2) is 4.35. The average molecular weight is 309 g/mol. The molecule has 9 heteroatoms. The van der Waals surface area contributed by atoms with E-state index in [-0.39, 0.29) is 35.9 Å². The van der Waals surface area contributed by atoms with Crippen molar-refractivity contribution in [3.63, 3.8) is 0 Å². The predicted octanol–water partition coefficient (Wildman–Crippen LogP) is 0.807. The van der Waals surface area contributed by atoms with Crippen molar-refractivity contribution in [2.24, 2.45) is 0 Å². The Balaban J connectivity index is 1.96. The molecule has 0 spiro atoms. The van der Waals surface area contributed by atoms with Crippen LogP contribution in [0.1, 0.15) is 35.7 Å². The fourth-order valence-corrected chi connectivity index (χ4v) is 3.56. The highest BCUT2D eigenvalue weighted by molar-refractivity contribution is 7.13. The largest absolute Gasteiger partial charge is 0.329 e. The number of hydrogen-bond donors (Lipinski definition) is 1. The normalized spacial score (nSPS) is 25.0. The third-order valence-corrected chi connectivity index (χ3v) is 4.98. The second-order valence-corrected chi connectivity index (χ2v) is 6.09. The maximum atomic E-state index is 12.4. The minimum absolute atomic E-state index is 0.0199. The van der Waals surface area contributed by atoms with Crippen LogP contribution in [-0.4, -0.2) is 33.1 Å². The Bertz CT molecular complexity index is 697. The van der Waals surface area contributed by atoms with Crippen molar-refractivity contribution in [2.45, 2.75) is 31.8 Å². The zero-order valence-electron chi connectivity index (χ0n) is 11.0. The first kappa shape index (κ1) is 13.7. The van der Waals surface area contributed by atoms with E-state index >= 15 is 0 Å². The summed E-state index contributed by atoms with van der Waals surface area (Å²) >= 11 is 0.911. The van der Waals surface area contributed by atoms with E-state index in [1.165, 1.54) is 10.3 Å². The number of nitrogens with zero attached hydrogens (tertiary/aromatic N) is 2. The average Bonchev–Trinajstić information content (AvgIpc) is 2.96. The van der Waals surface area contributed by atoms with Crippen LogP contribution in [0.4, 0.5) is 5.00 Å². The number of rotatable bonds is 2. The van der Waals surface area contributed by atoms with Crippen LogP contribution in [0.2, 0.25) is 0 Å². The minimum Gasteiger partial charge on any atom is -0.319 e. The zero-order chi connectivity index (χ0) is 15.4. The summed E-state index contributed by atoms with van der Waals surface area (Å²) in [6, 6.07) is 0. The van der Waals surface area contributed by atoms with Crippen molar-refractivity contribution in [2.75, 3.05) is 0 Å². The van der Waals surface area contributed by atoms with Crippen LogP contribution in [0.15, 0.2) is 5.38 Å². The Morgan fingerprint density at radius 3 is 2.76 bits per heavy atom. The van der Waals surface area contributed by atoms with E-state index in [0.29, 0.717) is 5.56 Å². The SMILES string of the molecule is CC1(N2Cc3c(csc3[N+](=O)[O-])C2=O)CCC(=O)NC1=O. The Morgan fingerprint density at radius 2 is 2.14 bits per heavy atom. The molecule has 0 saturated carbocycles. The van der Waals surface area contributed by atoms with Crippen LogP contribution >= 0.6 is 11.3 Å². The van der Waals surface area contributed by atoms with Gasteiger partial charge in [-0.1, -0.05) is 11.3 Å². The van der Waals surface area contributed by atoms with Gasteiger partial charge in [0.15, 0.2) is 0 Å². The summed E-state index contributed by atoms with van der Waals surface area (Å²) in [6.45, 7) is 1.60. The summed E-state index contributed by atoms with van der Waals surface area (Å²) in [7, 11) is 0. The third kappa shape index (κ3) is 1.84. The van der Waals surface area contributed by atoms with Gasteiger partial charge in [0.25, 0.3) is 11.8 Å². The summed E-state index contributed by atoms with van der Waals surface area (Å²) in [5.41, 5.74) is -0.534. The standard InChI is InChI=1S/C12H11N3O5S/c1-12(3-2-8(16)13-11(12)18)14-4-6-7(9(14)17)5-21-10(6)15(19)20/h5H,2-4H2,1H3,(H,13,16,18). The van der Waals surface area contributed by atoms with Gasteiger partial charge in [-0.3, -0.25) is 29.8 Å². The third-order valence-electron chi connectivity index (χ3n) is 4.01. The topological polar surface area (TPSA) is 110 Å². The van der Waals surface area contributed by atoms with Crippen molar-refractivity contribution >= 4 is 34.1 Å². The highest BCUT2D eigenvalue weighted by atomic mass is 32.1. The molecule has 0 aliphatic carbocycles. The lowest BCUT2D eigenvalue weighted by Gasteiger charge is -2.39. The van der Waals surface area contributed by atoms with Gasteiger partial charge in [-0.2, -0.15) is 0 Å². The van der Waals surface area contributed by atoms with E-state index in [9.17, 15) is 24.5 Å². The Morgan fingerprint density at radius 1 is 1.43 bits per heavy atom. The van der Waals surface area contributed by atoms with E-state index in [1.54, 1.807) is 6.92 Å². The molecule has 0 radical (unpaired) electrons.